The van der Waals surface area contributed by atoms with Crippen molar-refractivity contribution in [3.8, 4) is 0 Å². The lowest BCUT2D eigenvalue weighted by Crippen LogP contribution is -2.25. The Kier molecular flexibility index (Phi) is 4.96. The molecule has 0 aliphatic carbocycles. The Morgan fingerprint density at radius 3 is 2.58 bits per heavy atom. The fourth-order valence-corrected chi connectivity index (χ4v) is 3.24. The third kappa shape index (κ3) is 3.49. The molecule has 0 unspecified atom stereocenters. The molecule has 6 heteroatoms. The van der Waals surface area contributed by atoms with Crippen molar-refractivity contribution < 1.29 is 4.79 Å². The van der Waals surface area contributed by atoms with E-state index >= 15 is 0 Å². The predicted molar refractivity (Wildman–Crippen MR) is 96.3 cm³/mol. The summed E-state index contributed by atoms with van der Waals surface area (Å²) < 4.78 is 1.63. The fourth-order valence-electron chi connectivity index (χ4n) is 2.37. The molecular weight excluding hydrogens is 322 g/mol. The zero-order valence-corrected chi connectivity index (χ0v) is 14.0. The van der Waals surface area contributed by atoms with E-state index in [4.69, 9.17) is 0 Å². The second-order valence-corrected chi connectivity index (χ2v) is 6.19. The quantitative estimate of drug-likeness (QED) is 0.572. The molecule has 0 radical (unpaired) electrons. The number of para-hydroxylation sites is 1. The normalized spacial score (nSPS) is 10.7. The van der Waals surface area contributed by atoms with E-state index in [9.17, 15) is 9.59 Å². The molecule has 1 heterocycles. The van der Waals surface area contributed by atoms with Crippen molar-refractivity contribution in [1.82, 2.24) is 14.9 Å². The van der Waals surface area contributed by atoms with E-state index < -0.39 is 0 Å². The van der Waals surface area contributed by atoms with Crippen LogP contribution in [0.5, 0.6) is 0 Å². The first kappa shape index (κ1) is 16.3. The summed E-state index contributed by atoms with van der Waals surface area (Å²) in [4.78, 5) is 29.0. The van der Waals surface area contributed by atoms with Gasteiger partial charge in [-0.15, -0.1) is 0 Å². The number of benzene rings is 2. The van der Waals surface area contributed by atoms with Gasteiger partial charge in [-0.3, -0.25) is 14.2 Å². The molecule has 1 aromatic heterocycles. The highest BCUT2D eigenvalue weighted by molar-refractivity contribution is 7.99. The van der Waals surface area contributed by atoms with Gasteiger partial charge < -0.3 is 5.32 Å². The van der Waals surface area contributed by atoms with Crippen LogP contribution in [0, 0.1) is 0 Å². The second kappa shape index (κ2) is 7.31. The molecule has 0 fully saturated rings. The molecule has 5 nitrogen and oxygen atoms in total. The van der Waals surface area contributed by atoms with Crippen molar-refractivity contribution in [3.63, 3.8) is 0 Å². The van der Waals surface area contributed by atoms with Gasteiger partial charge in [0.05, 0.1) is 23.2 Å². The molecule has 0 aliphatic rings. The molecule has 122 valence electrons. The van der Waals surface area contributed by atoms with E-state index in [0.717, 1.165) is 5.56 Å². The van der Waals surface area contributed by atoms with Gasteiger partial charge in [0.1, 0.15) is 0 Å². The molecule has 1 N–H and O–H groups in total. The number of carbonyl (C=O) groups is 1. The Bertz CT molecular complexity index is 922. The molecule has 0 spiro atoms. The summed E-state index contributed by atoms with van der Waals surface area (Å²) in [7, 11) is 1.59. The minimum atomic E-state index is -0.103. The highest BCUT2D eigenvalue weighted by Gasteiger charge is 2.13. The minimum absolute atomic E-state index is 0.0936. The number of fused-ring (bicyclic) bond motifs is 1. The zero-order chi connectivity index (χ0) is 16.9. The van der Waals surface area contributed by atoms with Gasteiger partial charge in [-0.1, -0.05) is 54.2 Å². The number of nitrogens with zero attached hydrogens (tertiary/aromatic N) is 2. The number of carbonyl (C=O) groups excluding carboxylic acids is 1. The average Bonchev–Trinajstić information content (AvgIpc) is 2.63. The number of amides is 1. The Labute approximate surface area is 143 Å². The highest BCUT2D eigenvalue weighted by atomic mass is 32.2. The number of rotatable bonds is 5. The number of hydrogen-bond acceptors (Lipinski definition) is 4. The molecule has 2 aromatic carbocycles. The summed E-state index contributed by atoms with van der Waals surface area (Å²) in [6, 6.07) is 17.0. The van der Waals surface area contributed by atoms with Crippen LogP contribution in [0.25, 0.3) is 10.9 Å². The maximum Gasteiger partial charge on any atom is 0.262 e. The van der Waals surface area contributed by atoms with Gasteiger partial charge in [0, 0.05) is 7.05 Å². The second-order valence-electron chi connectivity index (χ2n) is 5.25. The molecule has 0 atom stereocenters. The van der Waals surface area contributed by atoms with Crippen molar-refractivity contribution in [3.05, 3.63) is 70.5 Å². The van der Waals surface area contributed by atoms with E-state index in [-0.39, 0.29) is 17.2 Å². The SMILES string of the molecule is CNC(=O)CSc1nc2ccccc2c(=O)n1Cc1ccccc1. The summed E-state index contributed by atoms with van der Waals surface area (Å²) >= 11 is 1.27. The van der Waals surface area contributed by atoms with Crippen LogP contribution in [0.1, 0.15) is 5.56 Å². The Balaban J connectivity index is 2.07. The van der Waals surface area contributed by atoms with Crippen LogP contribution >= 0.6 is 11.8 Å². The number of thioether (sulfide) groups is 1. The standard InChI is InChI=1S/C18H17N3O2S/c1-19-16(22)12-24-18-20-15-10-6-5-9-14(15)17(23)21(18)11-13-7-3-2-4-8-13/h2-10H,11-12H2,1H3,(H,19,22). The van der Waals surface area contributed by atoms with Gasteiger partial charge in [0.2, 0.25) is 5.91 Å². The molecule has 0 saturated heterocycles. The van der Waals surface area contributed by atoms with Crippen LogP contribution in [0.4, 0.5) is 0 Å². The Morgan fingerprint density at radius 1 is 1.12 bits per heavy atom. The number of hydrogen-bond donors (Lipinski definition) is 1. The molecule has 3 rings (SSSR count). The first-order valence-corrected chi connectivity index (χ1v) is 8.54. The molecule has 0 aliphatic heterocycles. The minimum Gasteiger partial charge on any atom is -0.358 e. The van der Waals surface area contributed by atoms with Crippen LogP contribution in [0.2, 0.25) is 0 Å². The van der Waals surface area contributed by atoms with E-state index in [0.29, 0.717) is 22.6 Å². The van der Waals surface area contributed by atoms with Crippen LogP contribution in [0.15, 0.2) is 64.5 Å². The lowest BCUT2D eigenvalue weighted by Gasteiger charge is -2.13. The third-order valence-corrected chi connectivity index (χ3v) is 4.60. The predicted octanol–water partition coefficient (Wildman–Crippen LogP) is 2.28. The largest absolute Gasteiger partial charge is 0.358 e. The third-order valence-electron chi connectivity index (χ3n) is 3.62. The van der Waals surface area contributed by atoms with Crippen molar-refractivity contribution >= 4 is 28.6 Å². The number of aromatic nitrogens is 2. The Morgan fingerprint density at radius 2 is 1.83 bits per heavy atom. The van der Waals surface area contributed by atoms with Gasteiger partial charge >= 0.3 is 0 Å². The topological polar surface area (TPSA) is 64.0 Å². The average molecular weight is 339 g/mol. The molecule has 3 aromatic rings. The van der Waals surface area contributed by atoms with Crippen molar-refractivity contribution in [2.45, 2.75) is 11.7 Å². The van der Waals surface area contributed by atoms with Crippen LogP contribution < -0.4 is 10.9 Å². The van der Waals surface area contributed by atoms with E-state index in [1.807, 2.05) is 48.5 Å². The Hall–Kier alpha value is -2.60. The van der Waals surface area contributed by atoms with Gasteiger partial charge in [-0.2, -0.15) is 0 Å². The number of nitrogens with one attached hydrogen (secondary N) is 1. The van der Waals surface area contributed by atoms with Crippen LogP contribution in [-0.4, -0.2) is 28.3 Å². The summed E-state index contributed by atoms with van der Waals surface area (Å²) in [5.41, 5.74) is 1.56. The lowest BCUT2D eigenvalue weighted by atomic mass is 10.2. The molecule has 24 heavy (non-hydrogen) atoms. The van der Waals surface area contributed by atoms with Crippen molar-refractivity contribution in [2.75, 3.05) is 12.8 Å². The summed E-state index contributed by atoms with van der Waals surface area (Å²) in [6.45, 7) is 0.424. The molecule has 1 amide bonds. The van der Waals surface area contributed by atoms with E-state index in [1.165, 1.54) is 11.8 Å². The zero-order valence-electron chi connectivity index (χ0n) is 13.2. The first-order valence-electron chi connectivity index (χ1n) is 7.56. The van der Waals surface area contributed by atoms with Gasteiger partial charge in [-0.25, -0.2) is 4.98 Å². The molecule has 0 saturated carbocycles. The summed E-state index contributed by atoms with van der Waals surface area (Å²) in [6.07, 6.45) is 0. The first-order chi connectivity index (χ1) is 11.7. The van der Waals surface area contributed by atoms with Gasteiger partial charge in [0.25, 0.3) is 5.56 Å². The lowest BCUT2D eigenvalue weighted by molar-refractivity contribution is -0.118. The summed E-state index contributed by atoms with van der Waals surface area (Å²) in [5, 5.41) is 3.71. The maximum atomic E-state index is 12.9. The van der Waals surface area contributed by atoms with Crippen molar-refractivity contribution in [1.29, 1.82) is 0 Å². The van der Waals surface area contributed by atoms with Gasteiger partial charge in [-0.05, 0) is 17.7 Å². The van der Waals surface area contributed by atoms with Gasteiger partial charge in [0.15, 0.2) is 5.16 Å². The van der Waals surface area contributed by atoms with E-state index in [2.05, 4.69) is 10.3 Å². The molecule has 0 bridgehead atoms. The monoisotopic (exact) mass is 339 g/mol. The maximum absolute atomic E-state index is 12.9. The summed E-state index contributed by atoms with van der Waals surface area (Å²) in [5.74, 6) is 0.115. The molecular formula is C18H17N3O2S. The van der Waals surface area contributed by atoms with Crippen LogP contribution in [-0.2, 0) is 11.3 Å². The highest BCUT2D eigenvalue weighted by Crippen LogP contribution is 2.18. The van der Waals surface area contributed by atoms with Crippen molar-refractivity contribution in [2.24, 2.45) is 0 Å². The smallest absolute Gasteiger partial charge is 0.262 e. The van der Waals surface area contributed by atoms with E-state index in [1.54, 1.807) is 17.7 Å². The fraction of sp³-hybridized carbons (Fsp3) is 0.167. The van der Waals surface area contributed by atoms with Crippen LogP contribution in [0.3, 0.4) is 0 Å².